The number of H-pyrrole nitrogens is 1. The van der Waals surface area contributed by atoms with Gasteiger partial charge < -0.3 is 10.3 Å². The molecular formula is C23H20N6O2. The van der Waals surface area contributed by atoms with Crippen molar-refractivity contribution in [3.8, 4) is 11.8 Å². The van der Waals surface area contributed by atoms with Crippen molar-refractivity contribution in [3.63, 3.8) is 0 Å². The number of hydrogen-bond donors (Lipinski definition) is 2. The number of carbonyl (C=O) groups excluding carboxylic acids is 2. The van der Waals surface area contributed by atoms with E-state index in [4.69, 9.17) is 0 Å². The Morgan fingerprint density at radius 3 is 3.00 bits per heavy atom. The highest BCUT2D eigenvalue weighted by Gasteiger charge is 2.37. The Hall–Kier alpha value is -4.12. The molecule has 1 unspecified atom stereocenters. The number of amides is 3. The first-order valence-corrected chi connectivity index (χ1v) is 10.1. The summed E-state index contributed by atoms with van der Waals surface area (Å²) in [6.45, 7) is 2.28. The molecule has 0 aliphatic carbocycles. The zero-order chi connectivity index (χ0) is 21.4. The number of fused-ring (bicyclic) bond motifs is 2. The molecule has 1 saturated heterocycles. The van der Waals surface area contributed by atoms with Gasteiger partial charge in [0.1, 0.15) is 11.7 Å². The first kappa shape index (κ1) is 18.9. The molecule has 3 amide bonds. The summed E-state index contributed by atoms with van der Waals surface area (Å²) in [6.07, 6.45) is 6.06. The Balaban J connectivity index is 1.25. The molecule has 1 aliphatic rings. The number of benzene rings is 1. The lowest BCUT2D eigenvalue weighted by atomic mass is 10.0. The molecule has 154 valence electrons. The third-order valence-electron chi connectivity index (χ3n) is 5.50. The first-order chi connectivity index (χ1) is 15.1. The number of aromatic nitrogens is 4. The molecular weight excluding hydrogens is 392 g/mol. The molecule has 2 N–H and O–H groups in total. The summed E-state index contributed by atoms with van der Waals surface area (Å²) in [6, 6.07) is 8.78. The fourth-order valence-corrected chi connectivity index (χ4v) is 3.92. The summed E-state index contributed by atoms with van der Waals surface area (Å²) in [4.78, 5) is 33.9. The van der Waals surface area contributed by atoms with Crippen LogP contribution in [-0.2, 0) is 11.2 Å². The second-order valence-corrected chi connectivity index (χ2v) is 7.50. The minimum absolute atomic E-state index is 0.217. The molecule has 8 heteroatoms. The van der Waals surface area contributed by atoms with Gasteiger partial charge in [-0.2, -0.15) is 5.10 Å². The van der Waals surface area contributed by atoms with Gasteiger partial charge in [-0.1, -0.05) is 24.1 Å². The number of aromatic amines is 1. The summed E-state index contributed by atoms with van der Waals surface area (Å²) in [5, 5.41) is 8.09. The number of rotatable bonds is 4. The van der Waals surface area contributed by atoms with Crippen LogP contribution < -0.4 is 5.32 Å². The number of imidazole rings is 1. The van der Waals surface area contributed by atoms with Gasteiger partial charge in [0.05, 0.1) is 6.20 Å². The maximum absolute atomic E-state index is 12.8. The smallest absolute Gasteiger partial charge is 0.324 e. The number of nitrogens with one attached hydrogen (secondary N) is 2. The molecule has 0 radical (unpaired) electrons. The maximum atomic E-state index is 12.8. The van der Waals surface area contributed by atoms with Crippen molar-refractivity contribution in [1.82, 2.24) is 29.8 Å². The van der Waals surface area contributed by atoms with Gasteiger partial charge in [-0.05, 0) is 36.1 Å². The molecule has 0 bridgehead atoms. The monoisotopic (exact) mass is 412 g/mol. The fraction of sp³-hybridized carbons (Fsp3) is 0.217. The van der Waals surface area contributed by atoms with Gasteiger partial charge in [0.15, 0.2) is 5.65 Å². The molecule has 1 atom stereocenters. The molecule has 1 aromatic carbocycles. The number of hydrogen-bond acceptors (Lipinski definition) is 4. The van der Waals surface area contributed by atoms with E-state index in [2.05, 4.69) is 32.2 Å². The third-order valence-corrected chi connectivity index (χ3v) is 5.50. The van der Waals surface area contributed by atoms with Crippen LogP contribution in [0, 0.1) is 18.8 Å². The molecule has 1 fully saturated rings. The molecule has 0 spiro atoms. The highest BCUT2D eigenvalue weighted by atomic mass is 16.2. The van der Waals surface area contributed by atoms with Crippen molar-refractivity contribution in [3.05, 3.63) is 65.7 Å². The van der Waals surface area contributed by atoms with Crippen LogP contribution >= 0.6 is 0 Å². The van der Waals surface area contributed by atoms with Gasteiger partial charge in [-0.3, -0.25) is 9.69 Å². The van der Waals surface area contributed by atoms with E-state index in [9.17, 15) is 9.59 Å². The number of nitrogens with zero attached hydrogens (tertiary/aromatic N) is 4. The van der Waals surface area contributed by atoms with E-state index in [1.165, 1.54) is 4.90 Å². The van der Waals surface area contributed by atoms with Gasteiger partial charge in [0.2, 0.25) is 0 Å². The van der Waals surface area contributed by atoms with E-state index in [0.29, 0.717) is 18.5 Å². The summed E-state index contributed by atoms with van der Waals surface area (Å²) in [7, 11) is 0. The molecule has 8 nitrogen and oxygen atoms in total. The summed E-state index contributed by atoms with van der Waals surface area (Å²) in [5.41, 5.74) is 4.60. The highest BCUT2D eigenvalue weighted by Crippen LogP contribution is 2.23. The second kappa shape index (κ2) is 7.61. The Morgan fingerprint density at radius 1 is 1.19 bits per heavy atom. The molecule has 1 aliphatic heterocycles. The van der Waals surface area contributed by atoms with Gasteiger partial charge >= 0.3 is 6.03 Å². The van der Waals surface area contributed by atoms with Crippen LogP contribution in [0.1, 0.15) is 23.2 Å². The number of carbonyl (C=O) groups is 2. The van der Waals surface area contributed by atoms with Crippen molar-refractivity contribution >= 4 is 28.5 Å². The normalized spacial score (nSPS) is 16.0. The third kappa shape index (κ3) is 3.40. The van der Waals surface area contributed by atoms with E-state index < -0.39 is 6.04 Å². The number of urea groups is 1. The van der Waals surface area contributed by atoms with Crippen LogP contribution in [-0.4, -0.2) is 49.0 Å². The molecule has 0 saturated carbocycles. The highest BCUT2D eigenvalue weighted by molar-refractivity contribution is 6.04. The molecule has 3 aromatic heterocycles. The number of para-hydroxylation sites is 1. The minimum Gasteiger partial charge on any atom is -0.361 e. The lowest BCUT2D eigenvalue weighted by Crippen LogP contribution is -2.33. The molecule has 31 heavy (non-hydrogen) atoms. The first-order valence-electron chi connectivity index (χ1n) is 10.1. The van der Waals surface area contributed by atoms with E-state index in [-0.39, 0.29) is 18.5 Å². The molecule has 4 aromatic rings. The van der Waals surface area contributed by atoms with Crippen LogP contribution in [0.5, 0.6) is 0 Å². The number of imide groups is 1. The van der Waals surface area contributed by atoms with Crippen LogP contribution in [0.25, 0.3) is 16.6 Å². The zero-order valence-electron chi connectivity index (χ0n) is 16.9. The Labute approximate surface area is 178 Å². The standard InChI is InChI=1S/C23H20N6O2/c1-15-6-4-8-18-16(13-25-21(15)18)12-19-22(30)28(23(31)27-19)11-3-2-7-17-14-24-20-9-5-10-26-29(17)20/h4-6,8-10,13-14,19,25H,3,11-12H2,1H3,(H,27,31). The van der Waals surface area contributed by atoms with Crippen LogP contribution in [0.4, 0.5) is 4.79 Å². The molecule has 4 heterocycles. The van der Waals surface area contributed by atoms with E-state index in [1.807, 2.05) is 43.5 Å². The van der Waals surface area contributed by atoms with Gasteiger partial charge in [-0.15, -0.1) is 0 Å². The Kier molecular flexibility index (Phi) is 4.64. The van der Waals surface area contributed by atoms with Gasteiger partial charge in [-0.25, -0.2) is 14.3 Å². The van der Waals surface area contributed by atoms with Gasteiger partial charge in [0, 0.05) is 42.7 Å². The van der Waals surface area contributed by atoms with E-state index >= 15 is 0 Å². The predicted octanol–water partition coefficient (Wildman–Crippen LogP) is 2.42. The van der Waals surface area contributed by atoms with Crippen molar-refractivity contribution in [2.45, 2.75) is 25.8 Å². The summed E-state index contributed by atoms with van der Waals surface area (Å²) in [5.74, 6) is 5.80. The Morgan fingerprint density at radius 2 is 2.10 bits per heavy atom. The largest absolute Gasteiger partial charge is 0.361 e. The molecule has 5 rings (SSSR count). The SMILES string of the molecule is Cc1cccc2c(CC3NC(=O)N(CCC#Cc4cnc5cccnn45)C3=O)c[nH]c12. The second-order valence-electron chi connectivity index (χ2n) is 7.50. The van der Waals surface area contributed by atoms with E-state index in [1.54, 1.807) is 16.9 Å². The van der Waals surface area contributed by atoms with Crippen molar-refractivity contribution < 1.29 is 9.59 Å². The summed E-state index contributed by atoms with van der Waals surface area (Å²) >= 11 is 0. The lowest BCUT2D eigenvalue weighted by Gasteiger charge is -2.11. The summed E-state index contributed by atoms with van der Waals surface area (Å²) < 4.78 is 1.65. The van der Waals surface area contributed by atoms with Crippen molar-refractivity contribution in [2.24, 2.45) is 0 Å². The quantitative estimate of drug-likeness (QED) is 0.398. The van der Waals surface area contributed by atoms with Crippen LogP contribution in [0.2, 0.25) is 0 Å². The average molecular weight is 412 g/mol. The predicted molar refractivity (Wildman–Crippen MR) is 115 cm³/mol. The number of aryl methyl sites for hydroxylation is 1. The van der Waals surface area contributed by atoms with Crippen molar-refractivity contribution in [2.75, 3.05) is 6.54 Å². The maximum Gasteiger partial charge on any atom is 0.324 e. The minimum atomic E-state index is -0.567. The fourth-order valence-electron chi connectivity index (χ4n) is 3.92. The Bertz CT molecular complexity index is 1370. The lowest BCUT2D eigenvalue weighted by molar-refractivity contribution is -0.127. The van der Waals surface area contributed by atoms with Crippen molar-refractivity contribution in [1.29, 1.82) is 0 Å². The average Bonchev–Trinajstić information content (AvgIpc) is 3.44. The van der Waals surface area contributed by atoms with Crippen LogP contribution in [0.15, 0.2) is 48.9 Å². The van der Waals surface area contributed by atoms with Gasteiger partial charge in [0.25, 0.3) is 5.91 Å². The van der Waals surface area contributed by atoms with Crippen LogP contribution in [0.3, 0.4) is 0 Å². The topological polar surface area (TPSA) is 95.4 Å². The zero-order valence-corrected chi connectivity index (χ0v) is 16.9. The van der Waals surface area contributed by atoms with E-state index in [0.717, 1.165) is 27.7 Å².